The molecule has 12 heteroatoms. The number of nitrogens with zero attached hydrogens (tertiary/aromatic N) is 7. The predicted octanol–water partition coefficient (Wildman–Crippen LogP) is 2.74. The molecule has 5 rings (SSSR count). The van der Waals surface area contributed by atoms with E-state index < -0.39 is 0 Å². The number of anilines is 1. The van der Waals surface area contributed by atoms with E-state index in [0.717, 1.165) is 26.4 Å². The molecule has 1 aliphatic heterocycles. The molecule has 0 radical (unpaired) electrons. The molecule has 1 atom stereocenters. The summed E-state index contributed by atoms with van der Waals surface area (Å²) in [7, 11) is 3.66. The van der Waals surface area contributed by atoms with Gasteiger partial charge in [-0.3, -0.25) is 10.1 Å². The van der Waals surface area contributed by atoms with Crippen LogP contribution < -0.4 is 16.2 Å². The van der Waals surface area contributed by atoms with E-state index in [-0.39, 0.29) is 18.2 Å². The SMILES string of the molecule is Cc1c(-c2ccn(C(C)C)n2)sc2nc(-c3nccn3C)nc(NCC3NNC(=O)N3C)c12. The fourth-order valence-electron chi connectivity index (χ4n) is 3.79. The molecule has 0 saturated carbocycles. The van der Waals surface area contributed by atoms with E-state index in [0.29, 0.717) is 24.0 Å². The second kappa shape index (κ2) is 8.12. The van der Waals surface area contributed by atoms with Crippen LogP contribution in [0.15, 0.2) is 24.7 Å². The number of imidazole rings is 1. The van der Waals surface area contributed by atoms with Crippen molar-refractivity contribution in [1.82, 2.24) is 45.1 Å². The van der Waals surface area contributed by atoms with E-state index in [4.69, 9.17) is 15.1 Å². The molecule has 0 spiro atoms. The third-order valence-electron chi connectivity index (χ3n) is 5.78. The molecule has 1 aliphatic rings. The van der Waals surface area contributed by atoms with E-state index in [1.807, 2.05) is 34.8 Å². The molecule has 2 amide bonds. The third kappa shape index (κ3) is 3.70. The summed E-state index contributed by atoms with van der Waals surface area (Å²) in [4.78, 5) is 29.4. The average Bonchev–Trinajstić information content (AvgIpc) is 3.56. The number of carbonyl (C=O) groups excluding carboxylic acids is 1. The standard InChI is InChI=1S/C21H26N10OS/c1-11(2)31-8-6-13(28-31)16-12(3)15-17(23-10-14-26-27-21(32)30(14)5)24-18(25-20(15)33-16)19-22-7-9-29(19)4/h6-9,11,14,26H,10H2,1-5H3,(H,27,32)(H,23,24,25). The minimum absolute atomic E-state index is 0.168. The van der Waals surface area contributed by atoms with Gasteiger partial charge in [0.25, 0.3) is 0 Å². The summed E-state index contributed by atoms with van der Waals surface area (Å²) >= 11 is 1.60. The van der Waals surface area contributed by atoms with Crippen LogP contribution in [0.25, 0.3) is 32.4 Å². The first-order chi connectivity index (χ1) is 15.8. The van der Waals surface area contributed by atoms with Crippen molar-refractivity contribution in [3.63, 3.8) is 0 Å². The molecule has 4 aromatic rings. The number of amides is 2. The minimum Gasteiger partial charge on any atom is -0.366 e. The first-order valence-corrected chi connectivity index (χ1v) is 11.5. The average molecular weight is 467 g/mol. The van der Waals surface area contributed by atoms with Crippen LogP contribution in [-0.4, -0.2) is 60.0 Å². The van der Waals surface area contributed by atoms with Crippen LogP contribution in [0.5, 0.6) is 0 Å². The third-order valence-corrected chi connectivity index (χ3v) is 6.99. The Morgan fingerprint density at radius 3 is 2.70 bits per heavy atom. The molecule has 172 valence electrons. The zero-order valence-electron chi connectivity index (χ0n) is 19.1. The number of nitrogens with one attached hydrogen (secondary N) is 3. The number of urea groups is 1. The Hall–Kier alpha value is -3.51. The zero-order valence-corrected chi connectivity index (χ0v) is 19.9. The molecular formula is C21H26N10OS. The van der Waals surface area contributed by atoms with Gasteiger partial charge < -0.3 is 14.8 Å². The highest BCUT2D eigenvalue weighted by atomic mass is 32.1. The molecule has 0 aliphatic carbocycles. The van der Waals surface area contributed by atoms with Crippen molar-refractivity contribution >= 4 is 33.4 Å². The van der Waals surface area contributed by atoms with Crippen molar-refractivity contribution in [2.45, 2.75) is 33.0 Å². The molecule has 5 heterocycles. The van der Waals surface area contributed by atoms with Crippen molar-refractivity contribution < 1.29 is 4.79 Å². The number of rotatable bonds is 6. The molecule has 1 saturated heterocycles. The first-order valence-electron chi connectivity index (χ1n) is 10.7. The number of hydrazine groups is 1. The monoisotopic (exact) mass is 466 g/mol. The van der Waals surface area contributed by atoms with E-state index >= 15 is 0 Å². The van der Waals surface area contributed by atoms with Gasteiger partial charge in [0.2, 0.25) is 0 Å². The molecule has 4 aromatic heterocycles. The van der Waals surface area contributed by atoms with Gasteiger partial charge in [-0.15, -0.1) is 11.3 Å². The molecule has 0 bridgehead atoms. The van der Waals surface area contributed by atoms with E-state index in [1.165, 1.54) is 0 Å². The van der Waals surface area contributed by atoms with Crippen LogP contribution >= 0.6 is 11.3 Å². The van der Waals surface area contributed by atoms with Gasteiger partial charge in [0.05, 0.1) is 16.8 Å². The number of aryl methyl sites for hydroxylation is 2. The Balaban J connectivity index is 1.60. The summed E-state index contributed by atoms with van der Waals surface area (Å²) in [6.45, 7) is 6.75. The van der Waals surface area contributed by atoms with E-state index in [2.05, 4.69) is 41.9 Å². The van der Waals surface area contributed by atoms with Gasteiger partial charge in [-0.1, -0.05) is 0 Å². The van der Waals surface area contributed by atoms with Crippen LogP contribution in [0.1, 0.15) is 25.5 Å². The van der Waals surface area contributed by atoms with Crippen molar-refractivity contribution in [3.8, 4) is 22.2 Å². The van der Waals surface area contributed by atoms with Crippen LogP contribution in [0.2, 0.25) is 0 Å². The molecule has 11 nitrogen and oxygen atoms in total. The van der Waals surface area contributed by atoms with Crippen molar-refractivity contribution in [1.29, 1.82) is 0 Å². The molecule has 0 aromatic carbocycles. The number of fused-ring (bicyclic) bond motifs is 1. The predicted molar refractivity (Wildman–Crippen MR) is 128 cm³/mol. The summed E-state index contributed by atoms with van der Waals surface area (Å²) in [5, 5.41) is 9.14. The van der Waals surface area contributed by atoms with E-state index in [1.54, 1.807) is 29.5 Å². The number of hydrogen-bond donors (Lipinski definition) is 3. The largest absolute Gasteiger partial charge is 0.366 e. The van der Waals surface area contributed by atoms with E-state index in [9.17, 15) is 4.79 Å². The van der Waals surface area contributed by atoms with Crippen LogP contribution in [-0.2, 0) is 7.05 Å². The minimum atomic E-state index is -0.209. The Morgan fingerprint density at radius 2 is 2.06 bits per heavy atom. The van der Waals surface area contributed by atoms with Crippen molar-refractivity contribution in [2.24, 2.45) is 7.05 Å². The van der Waals surface area contributed by atoms with Crippen LogP contribution in [0.4, 0.5) is 10.6 Å². The number of hydrogen-bond acceptors (Lipinski definition) is 8. The normalized spacial score (nSPS) is 16.2. The lowest BCUT2D eigenvalue weighted by Crippen LogP contribution is -2.40. The summed E-state index contributed by atoms with van der Waals surface area (Å²) in [6, 6.07) is 2.15. The highest BCUT2D eigenvalue weighted by Crippen LogP contribution is 2.40. The van der Waals surface area contributed by atoms with Crippen LogP contribution in [0.3, 0.4) is 0 Å². The van der Waals surface area contributed by atoms with Crippen molar-refractivity contribution in [2.75, 3.05) is 18.9 Å². The summed E-state index contributed by atoms with van der Waals surface area (Å²) in [5.41, 5.74) is 7.59. The quantitative estimate of drug-likeness (QED) is 0.400. The van der Waals surface area contributed by atoms with Gasteiger partial charge in [-0.05, 0) is 32.4 Å². The fraction of sp³-hybridized carbons (Fsp3) is 0.381. The zero-order chi connectivity index (χ0) is 23.3. The second-order valence-corrected chi connectivity index (χ2v) is 9.35. The second-order valence-electron chi connectivity index (χ2n) is 8.35. The van der Waals surface area contributed by atoms with Gasteiger partial charge in [0.15, 0.2) is 11.6 Å². The van der Waals surface area contributed by atoms with Gasteiger partial charge in [0, 0.05) is 38.7 Å². The highest BCUT2D eigenvalue weighted by Gasteiger charge is 2.27. The maximum absolute atomic E-state index is 11.8. The number of aromatic nitrogens is 6. The lowest BCUT2D eigenvalue weighted by molar-refractivity contribution is 0.217. The number of thiophene rings is 1. The maximum Gasteiger partial charge on any atom is 0.332 e. The molecule has 33 heavy (non-hydrogen) atoms. The lowest BCUT2D eigenvalue weighted by Gasteiger charge is -2.18. The Labute approximate surface area is 194 Å². The number of carbonyl (C=O) groups is 1. The summed E-state index contributed by atoms with van der Waals surface area (Å²) in [6.07, 6.45) is 5.39. The van der Waals surface area contributed by atoms with Gasteiger partial charge >= 0.3 is 6.03 Å². The molecule has 1 fully saturated rings. The van der Waals surface area contributed by atoms with Crippen molar-refractivity contribution in [3.05, 3.63) is 30.2 Å². The number of likely N-dealkylation sites (N-methyl/N-ethyl adjacent to an activating group) is 1. The van der Waals surface area contributed by atoms with Gasteiger partial charge in [-0.2, -0.15) is 5.10 Å². The molecule has 1 unspecified atom stereocenters. The maximum atomic E-state index is 11.8. The van der Waals surface area contributed by atoms with Crippen LogP contribution in [0, 0.1) is 6.92 Å². The fourth-order valence-corrected chi connectivity index (χ4v) is 4.94. The highest BCUT2D eigenvalue weighted by molar-refractivity contribution is 7.22. The Bertz CT molecular complexity index is 1340. The lowest BCUT2D eigenvalue weighted by atomic mass is 10.1. The topological polar surface area (TPSA) is 118 Å². The summed E-state index contributed by atoms with van der Waals surface area (Å²) < 4.78 is 3.85. The smallest absolute Gasteiger partial charge is 0.332 e. The van der Waals surface area contributed by atoms with Gasteiger partial charge in [0.1, 0.15) is 22.5 Å². The van der Waals surface area contributed by atoms with Gasteiger partial charge in [-0.25, -0.2) is 25.2 Å². The Kier molecular flexibility index (Phi) is 5.25. The Morgan fingerprint density at radius 1 is 1.24 bits per heavy atom. The summed E-state index contributed by atoms with van der Waals surface area (Å²) in [5.74, 6) is 1.93. The first kappa shape index (κ1) is 21.3. The molecular weight excluding hydrogens is 440 g/mol. The molecule has 3 N–H and O–H groups in total.